The van der Waals surface area contributed by atoms with Gasteiger partial charge in [0.15, 0.2) is 0 Å². The van der Waals surface area contributed by atoms with Crippen molar-refractivity contribution < 1.29 is 4.79 Å². The molecule has 3 rings (SSSR count). The molecule has 1 amide bonds. The molecule has 0 saturated carbocycles. The Hall–Kier alpha value is -2.29. The molecule has 1 heterocycles. The van der Waals surface area contributed by atoms with Crippen LogP contribution < -0.4 is 10.2 Å². The molecule has 0 radical (unpaired) electrons. The third-order valence-corrected chi connectivity index (χ3v) is 4.59. The monoisotopic (exact) mass is 308 g/mol. The van der Waals surface area contributed by atoms with Crippen LogP contribution in [0.1, 0.15) is 30.0 Å². The first-order valence-electron chi connectivity index (χ1n) is 8.30. The zero-order valence-corrected chi connectivity index (χ0v) is 13.9. The van der Waals surface area contributed by atoms with Crippen LogP contribution in [0.4, 0.5) is 5.69 Å². The molecule has 0 aromatic heterocycles. The highest BCUT2D eigenvalue weighted by Crippen LogP contribution is 2.29. The quantitative estimate of drug-likeness (QED) is 0.938. The number of amides is 1. The van der Waals surface area contributed by atoms with Crippen molar-refractivity contribution in [1.29, 1.82) is 0 Å². The van der Waals surface area contributed by atoms with Crippen molar-refractivity contribution in [2.75, 3.05) is 11.4 Å². The number of rotatable bonds is 4. The molecule has 23 heavy (non-hydrogen) atoms. The molecule has 0 bridgehead atoms. The van der Waals surface area contributed by atoms with E-state index in [4.69, 9.17) is 0 Å². The third-order valence-electron chi connectivity index (χ3n) is 4.59. The summed E-state index contributed by atoms with van der Waals surface area (Å²) in [6, 6.07) is 17.1. The van der Waals surface area contributed by atoms with Gasteiger partial charge in [0.05, 0.1) is 6.54 Å². The minimum absolute atomic E-state index is 0.0779. The molecule has 1 aliphatic heterocycles. The van der Waals surface area contributed by atoms with Crippen LogP contribution in [0, 0.1) is 6.92 Å². The molecule has 0 spiro atoms. The Labute approximate surface area is 138 Å². The molecule has 0 fully saturated rings. The third kappa shape index (κ3) is 3.73. The molecule has 1 aliphatic rings. The summed E-state index contributed by atoms with van der Waals surface area (Å²) < 4.78 is 0. The van der Waals surface area contributed by atoms with Crippen molar-refractivity contribution in [3.8, 4) is 0 Å². The average Bonchev–Trinajstić information content (AvgIpc) is 2.57. The molecule has 1 unspecified atom stereocenters. The van der Waals surface area contributed by atoms with Gasteiger partial charge in [0.1, 0.15) is 0 Å². The Bertz CT molecular complexity index is 678. The van der Waals surface area contributed by atoms with Crippen molar-refractivity contribution in [1.82, 2.24) is 5.32 Å². The lowest BCUT2D eigenvalue weighted by atomic mass is 9.96. The van der Waals surface area contributed by atoms with E-state index >= 15 is 0 Å². The summed E-state index contributed by atoms with van der Waals surface area (Å²) >= 11 is 0. The number of nitrogens with zero attached hydrogens (tertiary/aromatic N) is 1. The summed E-state index contributed by atoms with van der Waals surface area (Å²) in [5, 5.41) is 3.04. The molecule has 3 heteroatoms. The van der Waals surface area contributed by atoms with Crippen molar-refractivity contribution >= 4 is 11.6 Å². The maximum atomic E-state index is 12.4. The fourth-order valence-electron chi connectivity index (χ4n) is 3.12. The molecule has 2 aromatic rings. The summed E-state index contributed by atoms with van der Waals surface area (Å²) in [6.07, 6.45) is 2.20. The highest BCUT2D eigenvalue weighted by Gasteiger charge is 2.24. The van der Waals surface area contributed by atoms with Crippen LogP contribution in [0.2, 0.25) is 0 Å². The minimum Gasteiger partial charge on any atom is -0.359 e. The lowest BCUT2D eigenvalue weighted by Gasteiger charge is -2.36. The second-order valence-electron chi connectivity index (χ2n) is 6.41. The molecular weight excluding hydrogens is 284 g/mol. The molecule has 0 aliphatic carbocycles. The predicted octanol–water partition coefficient (Wildman–Crippen LogP) is 3.45. The molecule has 3 nitrogen and oxygen atoms in total. The lowest BCUT2D eigenvalue weighted by Crippen LogP contribution is -2.44. The lowest BCUT2D eigenvalue weighted by molar-refractivity contribution is -0.120. The first-order valence-corrected chi connectivity index (χ1v) is 8.30. The first-order chi connectivity index (χ1) is 11.1. The summed E-state index contributed by atoms with van der Waals surface area (Å²) in [6.45, 7) is 5.27. The van der Waals surface area contributed by atoms with Gasteiger partial charge in [-0.25, -0.2) is 0 Å². The van der Waals surface area contributed by atoms with Crippen LogP contribution in [0.15, 0.2) is 48.5 Å². The second kappa shape index (κ2) is 6.86. The molecule has 120 valence electrons. The Balaban J connectivity index is 1.62. The molecular formula is C20H24N2O. The van der Waals surface area contributed by atoms with Crippen LogP contribution >= 0.6 is 0 Å². The van der Waals surface area contributed by atoms with Gasteiger partial charge in [-0.15, -0.1) is 0 Å². The standard InChI is InChI=1S/C20H24N2O/c1-15-7-10-17(11-8-15)13-21-20(23)14-22-16(2)9-12-18-5-3-4-6-19(18)22/h3-8,10-11,16H,9,12-14H2,1-2H3,(H,21,23). The number of hydrogen-bond donors (Lipinski definition) is 1. The number of aryl methyl sites for hydroxylation is 2. The molecule has 1 N–H and O–H groups in total. The number of nitrogens with one attached hydrogen (secondary N) is 1. The van der Waals surface area contributed by atoms with E-state index < -0.39 is 0 Å². The maximum absolute atomic E-state index is 12.4. The number of para-hydroxylation sites is 1. The topological polar surface area (TPSA) is 32.3 Å². The van der Waals surface area contributed by atoms with E-state index in [1.165, 1.54) is 16.8 Å². The zero-order chi connectivity index (χ0) is 16.2. The minimum atomic E-state index is 0.0779. The summed E-state index contributed by atoms with van der Waals surface area (Å²) in [7, 11) is 0. The Morgan fingerprint density at radius 3 is 2.70 bits per heavy atom. The zero-order valence-electron chi connectivity index (χ0n) is 13.9. The van der Waals surface area contributed by atoms with Gasteiger partial charge in [-0.1, -0.05) is 48.0 Å². The Morgan fingerprint density at radius 1 is 1.17 bits per heavy atom. The normalized spacial score (nSPS) is 16.8. The summed E-state index contributed by atoms with van der Waals surface area (Å²) in [5.74, 6) is 0.0779. The number of carbonyl (C=O) groups excluding carboxylic acids is 1. The molecule has 2 aromatic carbocycles. The Morgan fingerprint density at radius 2 is 1.91 bits per heavy atom. The summed E-state index contributed by atoms with van der Waals surface area (Å²) in [4.78, 5) is 14.6. The average molecular weight is 308 g/mol. The predicted molar refractivity (Wildman–Crippen MR) is 94.6 cm³/mol. The number of carbonyl (C=O) groups is 1. The van der Waals surface area contributed by atoms with E-state index in [-0.39, 0.29) is 5.91 Å². The van der Waals surface area contributed by atoms with E-state index in [1.807, 2.05) is 6.07 Å². The van der Waals surface area contributed by atoms with Gasteiger partial charge in [-0.3, -0.25) is 4.79 Å². The van der Waals surface area contributed by atoms with Gasteiger partial charge in [0.2, 0.25) is 5.91 Å². The Kier molecular flexibility index (Phi) is 4.65. The smallest absolute Gasteiger partial charge is 0.239 e. The number of anilines is 1. The van der Waals surface area contributed by atoms with Gasteiger partial charge in [-0.05, 0) is 43.9 Å². The van der Waals surface area contributed by atoms with E-state index in [1.54, 1.807) is 0 Å². The van der Waals surface area contributed by atoms with E-state index in [9.17, 15) is 4.79 Å². The van der Waals surface area contributed by atoms with Crippen LogP contribution in [-0.4, -0.2) is 18.5 Å². The van der Waals surface area contributed by atoms with Crippen molar-refractivity contribution in [2.24, 2.45) is 0 Å². The van der Waals surface area contributed by atoms with Crippen molar-refractivity contribution in [2.45, 2.75) is 39.3 Å². The number of fused-ring (bicyclic) bond motifs is 1. The van der Waals surface area contributed by atoms with Gasteiger partial charge in [0.25, 0.3) is 0 Å². The number of benzene rings is 2. The van der Waals surface area contributed by atoms with Crippen molar-refractivity contribution in [3.63, 3.8) is 0 Å². The van der Waals surface area contributed by atoms with E-state index in [0.717, 1.165) is 18.4 Å². The van der Waals surface area contributed by atoms with E-state index in [0.29, 0.717) is 19.1 Å². The fraction of sp³-hybridized carbons (Fsp3) is 0.350. The number of hydrogen-bond acceptors (Lipinski definition) is 2. The highest BCUT2D eigenvalue weighted by molar-refractivity contribution is 5.82. The second-order valence-corrected chi connectivity index (χ2v) is 6.41. The van der Waals surface area contributed by atoms with Crippen LogP contribution in [0.3, 0.4) is 0 Å². The van der Waals surface area contributed by atoms with Gasteiger partial charge in [-0.2, -0.15) is 0 Å². The molecule has 0 saturated heterocycles. The summed E-state index contributed by atoms with van der Waals surface area (Å²) in [5.41, 5.74) is 4.92. The SMILES string of the molecule is Cc1ccc(CNC(=O)CN2c3ccccc3CCC2C)cc1. The van der Waals surface area contributed by atoms with Crippen molar-refractivity contribution in [3.05, 3.63) is 65.2 Å². The first kappa shape index (κ1) is 15.6. The van der Waals surface area contributed by atoms with Gasteiger partial charge in [0, 0.05) is 18.3 Å². The largest absolute Gasteiger partial charge is 0.359 e. The van der Waals surface area contributed by atoms with E-state index in [2.05, 4.69) is 66.5 Å². The van der Waals surface area contributed by atoms with Gasteiger partial charge < -0.3 is 10.2 Å². The fourth-order valence-corrected chi connectivity index (χ4v) is 3.12. The maximum Gasteiger partial charge on any atom is 0.239 e. The molecule has 1 atom stereocenters. The van der Waals surface area contributed by atoms with Crippen LogP contribution in [0.25, 0.3) is 0 Å². The van der Waals surface area contributed by atoms with Crippen LogP contribution in [0.5, 0.6) is 0 Å². The van der Waals surface area contributed by atoms with Gasteiger partial charge >= 0.3 is 0 Å². The highest BCUT2D eigenvalue weighted by atomic mass is 16.2. The van der Waals surface area contributed by atoms with Crippen LogP contribution in [-0.2, 0) is 17.8 Å².